The fraction of sp³-hybridized carbons (Fsp3) is 0.261. The van der Waals surface area contributed by atoms with Crippen LogP contribution in [0.15, 0.2) is 35.1 Å². The highest BCUT2D eigenvalue weighted by atomic mass is 35.5. The molecule has 186 valence electrons. The molecule has 3 heterocycles. The zero-order chi connectivity index (χ0) is 25.9. The number of benzene rings is 1. The van der Waals surface area contributed by atoms with E-state index < -0.39 is 23.7 Å². The Labute approximate surface area is 207 Å². The molecule has 0 saturated heterocycles. The number of hydrogen-bond donors (Lipinski definition) is 3. The Morgan fingerprint density at radius 1 is 1.31 bits per heavy atom. The van der Waals surface area contributed by atoms with Gasteiger partial charge in [-0.2, -0.15) is 13.2 Å². The van der Waals surface area contributed by atoms with E-state index in [1.54, 1.807) is 6.92 Å². The van der Waals surface area contributed by atoms with Crippen LogP contribution in [-0.2, 0) is 6.18 Å². The Morgan fingerprint density at radius 3 is 2.86 bits per heavy atom. The number of rotatable bonds is 6. The van der Waals surface area contributed by atoms with Gasteiger partial charge in [-0.3, -0.25) is 4.79 Å². The number of H-pyrrole nitrogens is 1. The number of unbranched alkanes of at least 4 members (excludes halogenated alkanes) is 1. The number of aromatic nitrogens is 5. The Bertz CT molecular complexity index is 1470. The Hall–Kier alpha value is -3.95. The summed E-state index contributed by atoms with van der Waals surface area (Å²) in [5, 5.41) is 15.4. The number of hydrogen-bond acceptors (Lipinski definition) is 7. The number of nitrogens with zero attached hydrogens (tertiary/aromatic N) is 4. The van der Waals surface area contributed by atoms with Crippen LogP contribution in [-0.4, -0.2) is 42.7 Å². The average molecular weight is 519 g/mol. The van der Waals surface area contributed by atoms with Crippen molar-refractivity contribution in [2.45, 2.75) is 32.0 Å². The molecule has 9 nitrogen and oxygen atoms in total. The van der Waals surface area contributed by atoms with Gasteiger partial charge in [-0.1, -0.05) is 22.7 Å². The first-order valence-corrected chi connectivity index (χ1v) is 11.0. The first kappa shape index (κ1) is 25.2. The van der Waals surface area contributed by atoms with Gasteiger partial charge < -0.3 is 19.9 Å². The summed E-state index contributed by atoms with van der Waals surface area (Å²) in [6.07, 6.45) is -2.37. The summed E-state index contributed by atoms with van der Waals surface area (Å²) in [4.78, 5) is 27.7. The molecule has 0 unspecified atom stereocenters. The molecule has 0 aliphatic heterocycles. The first-order valence-electron chi connectivity index (χ1n) is 10.6. The first-order chi connectivity index (χ1) is 17.2. The lowest BCUT2D eigenvalue weighted by atomic mass is 10.2. The number of carbonyl (C=O) groups is 1. The van der Waals surface area contributed by atoms with Gasteiger partial charge in [0.2, 0.25) is 5.76 Å². The molecule has 0 aliphatic rings. The van der Waals surface area contributed by atoms with E-state index in [1.165, 1.54) is 18.5 Å². The number of fused-ring (bicyclic) bond motifs is 1. The molecule has 4 aromatic rings. The van der Waals surface area contributed by atoms with Crippen molar-refractivity contribution < 1.29 is 27.6 Å². The van der Waals surface area contributed by atoms with E-state index in [2.05, 4.69) is 42.3 Å². The minimum Gasteiger partial charge on any atom is -0.396 e. The predicted octanol–water partition coefficient (Wildman–Crippen LogP) is 4.30. The SMILES string of the molecule is C[C@H](NC(=O)c1ncnc(C#CCCCO)c1Cl)c1cc(-c2nc3ccc(C(F)(F)F)cc3[nH]2)on1. The lowest BCUT2D eigenvalue weighted by molar-refractivity contribution is -0.137. The molecule has 3 N–H and O–H groups in total. The number of amides is 1. The molecule has 0 spiro atoms. The topological polar surface area (TPSA) is 130 Å². The van der Waals surface area contributed by atoms with Gasteiger partial charge in [0.1, 0.15) is 22.7 Å². The van der Waals surface area contributed by atoms with Crippen LogP contribution in [0.25, 0.3) is 22.6 Å². The molecular weight excluding hydrogens is 501 g/mol. The van der Waals surface area contributed by atoms with Crippen molar-refractivity contribution in [2.75, 3.05) is 6.61 Å². The van der Waals surface area contributed by atoms with E-state index >= 15 is 0 Å². The molecule has 13 heteroatoms. The van der Waals surface area contributed by atoms with Gasteiger partial charge in [0.25, 0.3) is 5.91 Å². The van der Waals surface area contributed by atoms with Crippen molar-refractivity contribution in [1.82, 2.24) is 30.4 Å². The van der Waals surface area contributed by atoms with E-state index in [1.807, 2.05) is 0 Å². The number of aromatic amines is 1. The van der Waals surface area contributed by atoms with Gasteiger partial charge in [0, 0.05) is 19.1 Å². The molecule has 0 saturated carbocycles. The van der Waals surface area contributed by atoms with Crippen LogP contribution in [0.1, 0.15) is 53.2 Å². The molecule has 1 amide bonds. The summed E-state index contributed by atoms with van der Waals surface area (Å²) in [5.41, 5.74) is 0.154. The van der Waals surface area contributed by atoms with Gasteiger partial charge in [-0.15, -0.1) is 0 Å². The second kappa shape index (κ2) is 10.3. The van der Waals surface area contributed by atoms with Gasteiger partial charge in [0.05, 0.1) is 22.6 Å². The third-order valence-corrected chi connectivity index (χ3v) is 5.39. The monoisotopic (exact) mass is 518 g/mol. The summed E-state index contributed by atoms with van der Waals surface area (Å²) >= 11 is 6.25. The zero-order valence-corrected chi connectivity index (χ0v) is 19.4. The van der Waals surface area contributed by atoms with Crippen LogP contribution in [0.4, 0.5) is 13.2 Å². The molecule has 4 rings (SSSR count). The predicted molar refractivity (Wildman–Crippen MR) is 123 cm³/mol. The van der Waals surface area contributed by atoms with E-state index in [0.717, 1.165) is 12.1 Å². The maximum atomic E-state index is 13.0. The number of aliphatic hydroxyl groups is 1. The van der Waals surface area contributed by atoms with Crippen molar-refractivity contribution in [2.24, 2.45) is 0 Å². The summed E-state index contributed by atoms with van der Waals surface area (Å²) < 4.78 is 44.2. The minimum absolute atomic E-state index is 0.0107. The van der Waals surface area contributed by atoms with Gasteiger partial charge >= 0.3 is 6.18 Å². The molecule has 0 fully saturated rings. The van der Waals surface area contributed by atoms with Crippen LogP contribution >= 0.6 is 11.6 Å². The quantitative estimate of drug-likeness (QED) is 0.256. The van der Waals surface area contributed by atoms with Crippen molar-refractivity contribution in [3.8, 4) is 23.4 Å². The van der Waals surface area contributed by atoms with E-state index in [0.29, 0.717) is 24.1 Å². The van der Waals surface area contributed by atoms with Crippen LogP contribution in [0.3, 0.4) is 0 Å². The van der Waals surface area contributed by atoms with Crippen LogP contribution < -0.4 is 5.32 Å². The number of imidazole rings is 1. The molecule has 1 aromatic carbocycles. The van der Waals surface area contributed by atoms with Crippen LogP contribution in [0, 0.1) is 11.8 Å². The number of alkyl halides is 3. The van der Waals surface area contributed by atoms with Crippen molar-refractivity contribution in [3.05, 3.63) is 58.3 Å². The second-order valence-electron chi connectivity index (χ2n) is 7.64. The third-order valence-electron chi connectivity index (χ3n) is 5.03. The lowest BCUT2D eigenvalue weighted by Gasteiger charge is -2.11. The van der Waals surface area contributed by atoms with Crippen LogP contribution in [0.5, 0.6) is 0 Å². The highest BCUT2D eigenvalue weighted by Gasteiger charge is 2.31. The molecule has 3 aromatic heterocycles. The second-order valence-corrected chi connectivity index (χ2v) is 8.02. The smallest absolute Gasteiger partial charge is 0.396 e. The lowest BCUT2D eigenvalue weighted by Crippen LogP contribution is -2.28. The summed E-state index contributed by atoms with van der Waals surface area (Å²) in [6, 6.07) is 4.03. The normalized spacial score (nSPS) is 12.3. The highest BCUT2D eigenvalue weighted by Crippen LogP contribution is 2.32. The zero-order valence-electron chi connectivity index (χ0n) is 18.6. The van der Waals surface area contributed by atoms with Gasteiger partial charge in [-0.05, 0) is 37.5 Å². The number of carbonyl (C=O) groups excluding carboxylic acids is 1. The number of aliphatic hydroxyl groups excluding tert-OH is 1. The van der Waals surface area contributed by atoms with Gasteiger partial charge in [-0.25, -0.2) is 15.0 Å². The largest absolute Gasteiger partial charge is 0.416 e. The maximum Gasteiger partial charge on any atom is 0.416 e. The fourth-order valence-corrected chi connectivity index (χ4v) is 3.41. The van der Waals surface area contributed by atoms with Crippen LogP contribution in [0.2, 0.25) is 5.02 Å². The van der Waals surface area contributed by atoms with E-state index in [9.17, 15) is 18.0 Å². The molecule has 36 heavy (non-hydrogen) atoms. The maximum absolute atomic E-state index is 13.0. The Morgan fingerprint density at radius 2 is 2.11 bits per heavy atom. The number of halogens is 4. The fourth-order valence-electron chi connectivity index (χ4n) is 3.18. The molecular formula is C23H18ClF3N6O3. The summed E-state index contributed by atoms with van der Waals surface area (Å²) in [5.74, 6) is 5.33. The molecule has 0 radical (unpaired) electrons. The molecule has 0 aliphatic carbocycles. The minimum atomic E-state index is -4.48. The van der Waals surface area contributed by atoms with Crippen molar-refractivity contribution in [3.63, 3.8) is 0 Å². The van der Waals surface area contributed by atoms with Crippen molar-refractivity contribution >= 4 is 28.5 Å². The van der Waals surface area contributed by atoms with E-state index in [4.69, 9.17) is 21.2 Å². The van der Waals surface area contributed by atoms with Gasteiger partial charge in [0.15, 0.2) is 11.5 Å². The average Bonchev–Trinajstić information content (AvgIpc) is 3.49. The standard InChI is InChI=1S/C23H18ClF3N6O3/c1-12(30-22(35)20-19(24)15(28-11-29-20)5-3-2-4-8-34)16-10-18(36-33-16)21-31-14-7-6-13(23(25,26)27)9-17(14)32-21/h6-7,9-12,34H,2,4,8H2,1H3,(H,30,35)(H,31,32)/t12-/m0/s1. The Balaban J connectivity index is 1.49. The van der Waals surface area contributed by atoms with E-state index in [-0.39, 0.29) is 40.1 Å². The Kier molecular flexibility index (Phi) is 7.23. The number of nitrogens with one attached hydrogen (secondary N) is 2. The summed E-state index contributed by atoms with van der Waals surface area (Å²) in [6.45, 7) is 1.66. The third kappa shape index (κ3) is 5.48. The molecule has 1 atom stereocenters. The van der Waals surface area contributed by atoms with Crippen molar-refractivity contribution in [1.29, 1.82) is 0 Å². The summed E-state index contributed by atoms with van der Waals surface area (Å²) in [7, 11) is 0. The molecule has 0 bridgehead atoms. The highest BCUT2D eigenvalue weighted by molar-refractivity contribution is 6.34.